The van der Waals surface area contributed by atoms with Crippen molar-refractivity contribution >= 4 is 32.2 Å². The number of nitrogen functional groups attached to an aromatic ring is 1. The van der Waals surface area contributed by atoms with Crippen molar-refractivity contribution in [3.8, 4) is 0 Å². The second-order valence-corrected chi connectivity index (χ2v) is 7.84. The molecule has 0 unspecified atom stereocenters. The minimum Gasteiger partial charge on any atom is -0.382 e. The third-order valence-electron chi connectivity index (χ3n) is 2.74. The lowest BCUT2D eigenvalue weighted by atomic mass is 10.1. The van der Waals surface area contributed by atoms with Gasteiger partial charge in [-0.25, -0.2) is 8.42 Å². The number of anilines is 2. The summed E-state index contributed by atoms with van der Waals surface area (Å²) in [4.78, 5) is 0.118. The van der Waals surface area contributed by atoms with Crippen LogP contribution in [0.25, 0.3) is 0 Å². The zero-order valence-corrected chi connectivity index (χ0v) is 13.8. The van der Waals surface area contributed by atoms with Crippen LogP contribution in [0, 0.1) is 5.92 Å². The number of nitrogens with two attached hydrogens (primary N) is 1. The van der Waals surface area contributed by atoms with E-state index in [2.05, 4.69) is 23.5 Å². The molecule has 0 spiro atoms. The zero-order chi connectivity index (χ0) is 15.2. The molecule has 0 atom stereocenters. The Morgan fingerprint density at radius 3 is 2.70 bits per heavy atom. The van der Waals surface area contributed by atoms with Crippen molar-refractivity contribution in [1.29, 1.82) is 0 Å². The molecule has 0 amide bonds. The van der Waals surface area contributed by atoms with Crippen molar-refractivity contribution in [1.82, 2.24) is 4.37 Å². The Hall–Kier alpha value is -0.860. The molecule has 0 aliphatic rings. The number of hydrogen-bond donors (Lipinski definition) is 2. The molecule has 1 aromatic rings. The molecule has 0 saturated carbocycles. The largest absolute Gasteiger partial charge is 0.382 e. The highest BCUT2D eigenvalue weighted by Crippen LogP contribution is 2.31. The average Bonchev–Trinajstić information content (AvgIpc) is 2.75. The van der Waals surface area contributed by atoms with E-state index in [1.54, 1.807) is 6.92 Å². The highest BCUT2D eigenvalue weighted by molar-refractivity contribution is 7.91. The molecule has 8 heteroatoms. The van der Waals surface area contributed by atoms with Gasteiger partial charge in [0.1, 0.15) is 9.90 Å². The summed E-state index contributed by atoms with van der Waals surface area (Å²) in [7, 11) is -3.36. The normalized spacial score (nSPS) is 12.0. The van der Waals surface area contributed by atoms with Crippen molar-refractivity contribution < 1.29 is 13.2 Å². The van der Waals surface area contributed by atoms with Gasteiger partial charge in [-0.05, 0) is 23.9 Å². The van der Waals surface area contributed by atoms with E-state index in [-0.39, 0.29) is 16.5 Å². The van der Waals surface area contributed by atoms with Gasteiger partial charge in [-0.1, -0.05) is 20.8 Å². The number of nitrogens with zero attached hydrogens (tertiary/aromatic N) is 1. The van der Waals surface area contributed by atoms with Gasteiger partial charge in [0, 0.05) is 13.2 Å². The molecule has 3 N–H and O–H groups in total. The lowest BCUT2D eigenvalue weighted by molar-refractivity contribution is 0.133. The Balaban J connectivity index is 2.50. The number of aromatic nitrogens is 1. The van der Waals surface area contributed by atoms with Crippen LogP contribution in [0.2, 0.25) is 0 Å². The van der Waals surface area contributed by atoms with Gasteiger partial charge in [0.2, 0.25) is 0 Å². The predicted octanol–water partition coefficient (Wildman–Crippen LogP) is 1.99. The van der Waals surface area contributed by atoms with Crippen LogP contribution in [0.3, 0.4) is 0 Å². The van der Waals surface area contributed by atoms with E-state index in [9.17, 15) is 8.42 Å². The smallest absolute Gasteiger partial charge is 0.184 e. The topological polar surface area (TPSA) is 94.3 Å². The lowest BCUT2D eigenvalue weighted by Gasteiger charge is -2.08. The first-order chi connectivity index (χ1) is 9.38. The van der Waals surface area contributed by atoms with Gasteiger partial charge in [0.25, 0.3) is 0 Å². The molecule has 1 rings (SSSR count). The van der Waals surface area contributed by atoms with Gasteiger partial charge in [-0.15, -0.1) is 0 Å². The summed E-state index contributed by atoms with van der Waals surface area (Å²) in [6, 6.07) is 0. The SMILES string of the molecule is CCS(=O)(=O)c1c(N)nsc1NCCOCCC(C)C. The Morgan fingerprint density at radius 2 is 2.10 bits per heavy atom. The number of rotatable bonds is 9. The Labute approximate surface area is 124 Å². The van der Waals surface area contributed by atoms with Crippen molar-refractivity contribution in [2.24, 2.45) is 5.92 Å². The summed E-state index contributed by atoms with van der Waals surface area (Å²) in [5, 5.41) is 3.53. The zero-order valence-electron chi connectivity index (χ0n) is 12.2. The molecule has 0 aliphatic heterocycles. The first kappa shape index (κ1) is 17.2. The summed E-state index contributed by atoms with van der Waals surface area (Å²) < 4.78 is 33.2. The van der Waals surface area contributed by atoms with Gasteiger partial charge < -0.3 is 15.8 Å². The minimum atomic E-state index is -3.36. The quantitative estimate of drug-likeness (QED) is 0.676. The monoisotopic (exact) mass is 321 g/mol. The fourth-order valence-corrected chi connectivity index (χ4v) is 3.70. The third-order valence-corrected chi connectivity index (χ3v) is 5.48. The fraction of sp³-hybridized carbons (Fsp3) is 0.750. The minimum absolute atomic E-state index is 0.00911. The Kier molecular flexibility index (Phi) is 6.70. The molecule has 0 fully saturated rings. The summed E-state index contributed by atoms with van der Waals surface area (Å²) >= 11 is 1.07. The maximum Gasteiger partial charge on any atom is 0.184 e. The van der Waals surface area contributed by atoms with E-state index < -0.39 is 9.84 Å². The first-order valence-corrected chi connectivity index (χ1v) is 9.10. The van der Waals surface area contributed by atoms with Crippen molar-refractivity contribution in [2.45, 2.75) is 32.1 Å². The van der Waals surface area contributed by atoms with Crippen LogP contribution in [-0.2, 0) is 14.6 Å². The number of sulfone groups is 1. The molecule has 0 radical (unpaired) electrons. The highest BCUT2D eigenvalue weighted by atomic mass is 32.2. The van der Waals surface area contributed by atoms with E-state index in [1.165, 1.54) is 0 Å². The molecule has 1 heterocycles. The van der Waals surface area contributed by atoms with Gasteiger partial charge in [0.05, 0.1) is 12.4 Å². The van der Waals surface area contributed by atoms with Crippen molar-refractivity contribution in [2.75, 3.05) is 36.6 Å². The molecule has 6 nitrogen and oxygen atoms in total. The molecule has 0 aliphatic carbocycles. The van der Waals surface area contributed by atoms with E-state index in [0.29, 0.717) is 30.7 Å². The van der Waals surface area contributed by atoms with Crippen LogP contribution in [0.15, 0.2) is 4.90 Å². The summed E-state index contributed by atoms with van der Waals surface area (Å²) in [5.74, 6) is 0.695. The molecule has 0 saturated heterocycles. The average molecular weight is 321 g/mol. The van der Waals surface area contributed by atoms with Crippen LogP contribution in [-0.4, -0.2) is 38.3 Å². The summed E-state index contributed by atoms with van der Waals surface area (Å²) in [5.41, 5.74) is 5.64. The van der Waals surface area contributed by atoms with Crippen molar-refractivity contribution in [3.63, 3.8) is 0 Å². The van der Waals surface area contributed by atoms with Crippen LogP contribution in [0.5, 0.6) is 0 Å². The van der Waals surface area contributed by atoms with Crippen LogP contribution < -0.4 is 11.1 Å². The summed E-state index contributed by atoms with van der Waals surface area (Å²) in [6.45, 7) is 7.64. The van der Waals surface area contributed by atoms with Crippen LogP contribution in [0.1, 0.15) is 27.2 Å². The number of hydrogen-bond acceptors (Lipinski definition) is 7. The second-order valence-electron chi connectivity index (χ2n) is 4.85. The molecular weight excluding hydrogens is 298 g/mol. The van der Waals surface area contributed by atoms with Gasteiger partial charge in [-0.2, -0.15) is 4.37 Å². The van der Waals surface area contributed by atoms with Crippen LogP contribution in [0.4, 0.5) is 10.8 Å². The predicted molar refractivity (Wildman–Crippen MR) is 83.0 cm³/mol. The Bertz CT molecular complexity index is 512. The second kappa shape index (κ2) is 7.80. The highest BCUT2D eigenvalue weighted by Gasteiger charge is 2.23. The standard InChI is InChI=1S/C12H23N3O3S2/c1-4-20(16,17)10-11(13)15-19-12(10)14-6-8-18-7-5-9(2)3/h9,14H,4-8H2,1-3H3,(H2,13,15). The fourth-order valence-electron chi connectivity index (χ4n) is 1.51. The van der Waals surface area contributed by atoms with E-state index in [0.717, 1.165) is 18.0 Å². The third kappa shape index (κ3) is 4.92. The van der Waals surface area contributed by atoms with Gasteiger partial charge in [-0.3, -0.25) is 0 Å². The number of nitrogens with one attached hydrogen (secondary N) is 1. The van der Waals surface area contributed by atoms with E-state index >= 15 is 0 Å². The lowest BCUT2D eigenvalue weighted by Crippen LogP contribution is -2.13. The number of ether oxygens (including phenoxy) is 1. The van der Waals surface area contributed by atoms with Gasteiger partial charge >= 0.3 is 0 Å². The maximum atomic E-state index is 11.9. The molecule has 0 aromatic carbocycles. The van der Waals surface area contributed by atoms with E-state index in [4.69, 9.17) is 10.5 Å². The molecule has 1 aromatic heterocycles. The van der Waals surface area contributed by atoms with Crippen molar-refractivity contribution in [3.05, 3.63) is 0 Å². The molecule has 20 heavy (non-hydrogen) atoms. The first-order valence-electron chi connectivity index (χ1n) is 6.68. The van der Waals surface area contributed by atoms with E-state index in [1.807, 2.05) is 0 Å². The van der Waals surface area contributed by atoms with Gasteiger partial charge in [0.15, 0.2) is 15.7 Å². The maximum absolute atomic E-state index is 11.9. The van der Waals surface area contributed by atoms with Crippen LogP contribution >= 0.6 is 11.5 Å². The summed E-state index contributed by atoms with van der Waals surface area (Å²) in [6.07, 6.45) is 1.02. The molecule has 116 valence electrons. The molecule has 0 bridgehead atoms. The Morgan fingerprint density at radius 1 is 1.40 bits per heavy atom. The molecular formula is C12H23N3O3S2.